The van der Waals surface area contributed by atoms with Gasteiger partial charge in [0.15, 0.2) is 11.5 Å². The number of nitrogens with one attached hydrogen (secondary N) is 2. The van der Waals surface area contributed by atoms with Gasteiger partial charge in [0.05, 0.1) is 22.9 Å². The first-order valence-electron chi connectivity index (χ1n) is 10.6. The molecule has 0 saturated carbocycles. The first-order chi connectivity index (χ1) is 17.0. The monoisotopic (exact) mass is 511 g/mol. The first-order valence-corrected chi connectivity index (χ1v) is 10.6. The molecule has 12 heteroatoms. The summed E-state index contributed by atoms with van der Waals surface area (Å²) in [5, 5.41) is 4.96. The van der Waals surface area contributed by atoms with Gasteiger partial charge in [-0.3, -0.25) is 4.98 Å². The highest BCUT2D eigenvalue weighted by Gasteiger charge is 2.37. The molecular weight excluding hydrogens is 492 g/mol. The van der Waals surface area contributed by atoms with E-state index in [-0.39, 0.29) is 18.9 Å². The lowest BCUT2D eigenvalue weighted by Gasteiger charge is -2.23. The molecule has 1 atom stereocenters. The molecule has 36 heavy (non-hydrogen) atoms. The van der Waals surface area contributed by atoms with Crippen molar-refractivity contribution >= 4 is 6.03 Å². The topological polar surface area (TPSA) is 72.5 Å². The minimum absolute atomic E-state index is 0.00174. The molecule has 0 radical (unpaired) electrons. The van der Waals surface area contributed by atoms with Crippen molar-refractivity contribution in [1.29, 1.82) is 0 Å². The number of hydrogen-bond acceptors (Lipinski definition) is 4. The Kier molecular flexibility index (Phi) is 6.95. The molecule has 1 aromatic heterocycles. The minimum atomic E-state index is -4.80. The molecule has 6 nitrogen and oxygen atoms in total. The van der Waals surface area contributed by atoms with Crippen LogP contribution in [0, 0.1) is 0 Å². The highest BCUT2D eigenvalue weighted by molar-refractivity contribution is 5.75. The summed E-state index contributed by atoms with van der Waals surface area (Å²) < 4.78 is 90.3. The predicted octanol–water partition coefficient (Wildman–Crippen LogP) is 5.48. The highest BCUT2D eigenvalue weighted by atomic mass is 19.4. The van der Waals surface area contributed by atoms with Crippen LogP contribution in [-0.2, 0) is 18.8 Å². The van der Waals surface area contributed by atoms with Gasteiger partial charge in [-0.05, 0) is 53.9 Å². The number of benzene rings is 2. The van der Waals surface area contributed by atoms with E-state index in [2.05, 4.69) is 15.6 Å². The van der Waals surface area contributed by atoms with E-state index in [1.165, 1.54) is 0 Å². The number of nitrogens with zero attached hydrogens (tertiary/aromatic N) is 1. The lowest BCUT2D eigenvalue weighted by molar-refractivity contribution is -0.139. The Balaban J connectivity index is 1.52. The molecule has 190 valence electrons. The SMILES string of the molecule is O=C(NCCc1ccc2c(c1)OCO2)N[C@@H](c1ccc(C(F)(F)F)cc1)c1ncccc1C(F)(F)F. The molecule has 0 saturated heterocycles. The van der Waals surface area contributed by atoms with Gasteiger partial charge in [0.1, 0.15) is 0 Å². The summed E-state index contributed by atoms with van der Waals surface area (Å²) in [5.41, 5.74) is -1.82. The summed E-state index contributed by atoms with van der Waals surface area (Å²) >= 11 is 0. The van der Waals surface area contributed by atoms with Gasteiger partial charge in [-0.2, -0.15) is 26.3 Å². The molecule has 0 aliphatic carbocycles. The fourth-order valence-electron chi connectivity index (χ4n) is 3.66. The summed E-state index contributed by atoms with van der Waals surface area (Å²) in [6.07, 6.45) is -7.94. The van der Waals surface area contributed by atoms with Crippen molar-refractivity contribution in [3.05, 3.63) is 88.7 Å². The number of carbonyl (C=O) groups excluding carboxylic acids is 1. The van der Waals surface area contributed by atoms with Gasteiger partial charge >= 0.3 is 18.4 Å². The number of hydrogen-bond donors (Lipinski definition) is 2. The lowest BCUT2D eigenvalue weighted by atomic mass is 9.98. The van der Waals surface area contributed by atoms with E-state index in [9.17, 15) is 31.1 Å². The molecule has 1 aliphatic heterocycles. The van der Waals surface area contributed by atoms with E-state index in [0.29, 0.717) is 17.9 Å². The van der Waals surface area contributed by atoms with Crippen molar-refractivity contribution in [2.45, 2.75) is 24.8 Å². The van der Waals surface area contributed by atoms with Crippen LogP contribution in [0.15, 0.2) is 60.8 Å². The predicted molar refractivity (Wildman–Crippen MR) is 115 cm³/mol. The van der Waals surface area contributed by atoms with Crippen molar-refractivity contribution in [2.24, 2.45) is 0 Å². The van der Waals surface area contributed by atoms with E-state index < -0.39 is 41.2 Å². The number of alkyl halides is 6. The Labute approximate surface area is 201 Å². The molecule has 2 amide bonds. The number of fused-ring (bicyclic) bond motifs is 1. The number of amides is 2. The smallest absolute Gasteiger partial charge is 0.418 e. The second-order valence-corrected chi connectivity index (χ2v) is 7.82. The van der Waals surface area contributed by atoms with Gasteiger partial charge in [-0.1, -0.05) is 18.2 Å². The highest BCUT2D eigenvalue weighted by Crippen LogP contribution is 2.36. The van der Waals surface area contributed by atoms with E-state index in [0.717, 1.165) is 48.2 Å². The third-order valence-corrected chi connectivity index (χ3v) is 5.40. The summed E-state index contributed by atoms with van der Waals surface area (Å²) in [7, 11) is 0. The van der Waals surface area contributed by atoms with Crippen LogP contribution >= 0.6 is 0 Å². The molecule has 4 rings (SSSR count). The van der Waals surface area contributed by atoms with Gasteiger partial charge in [0.2, 0.25) is 6.79 Å². The molecule has 0 unspecified atom stereocenters. The van der Waals surface area contributed by atoms with Crippen LogP contribution in [0.1, 0.15) is 34.0 Å². The minimum Gasteiger partial charge on any atom is -0.454 e. The summed E-state index contributed by atoms with van der Waals surface area (Å²) in [4.78, 5) is 16.4. The van der Waals surface area contributed by atoms with Crippen molar-refractivity contribution < 1.29 is 40.6 Å². The number of carbonyl (C=O) groups is 1. The van der Waals surface area contributed by atoms with E-state index in [4.69, 9.17) is 9.47 Å². The zero-order chi connectivity index (χ0) is 25.9. The maximum absolute atomic E-state index is 13.6. The third kappa shape index (κ3) is 5.81. The number of rotatable bonds is 6. The Morgan fingerprint density at radius 1 is 0.944 bits per heavy atom. The van der Waals surface area contributed by atoms with Gasteiger partial charge in [0, 0.05) is 12.7 Å². The molecule has 1 aliphatic rings. The van der Waals surface area contributed by atoms with Crippen LogP contribution in [0.5, 0.6) is 11.5 Å². The average molecular weight is 511 g/mol. The van der Waals surface area contributed by atoms with E-state index >= 15 is 0 Å². The molecule has 3 aromatic rings. The summed E-state index contributed by atoms with van der Waals surface area (Å²) in [5.74, 6) is 1.16. The van der Waals surface area contributed by atoms with Gasteiger partial charge < -0.3 is 20.1 Å². The quantitative estimate of drug-likeness (QED) is 0.430. The largest absolute Gasteiger partial charge is 0.454 e. The Morgan fingerprint density at radius 2 is 1.67 bits per heavy atom. The normalized spacial score (nSPS) is 13.8. The van der Waals surface area contributed by atoms with Crippen LogP contribution in [0.3, 0.4) is 0 Å². The second kappa shape index (κ2) is 9.96. The Morgan fingerprint density at radius 3 is 2.36 bits per heavy atom. The number of aromatic nitrogens is 1. The lowest BCUT2D eigenvalue weighted by Crippen LogP contribution is -2.40. The van der Waals surface area contributed by atoms with Crippen LogP contribution in [0.25, 0.3) is 0 Å². The molecule has 0 bridgehead atoms. The molecule has 2 aromatic carbocycles. The molecule has 0 spiro atoms. The van der Waals surface area contributed by atoms with Crippen LogP contribution in [-0.4, -0.2) is 24.4 Å². The summed E-state index contributed by atoms with van der Waals surface area (Å²) in [6, 6.07) is 8.33. The maximum Gasteiger partial charge on any atom is 0.418 e. The second-order valence-electron chi connectivity index (χ2n) is 7.82. The fraction of sp³-hybridized carbons (Fsp3) is 0.250. The van der Waals surface area contributed by atoms with Crippen molar-refractivity contribution in [2.75, 3.05) is 13.3 Å². The number of pyridine rings is 1. The summed E-state index contributed by atoms with van der Waals surface area (Å²) in [6.45, 7) is 0.234. The van der Waals surface area contributed by atoms with Crippen LogP contribution in [0.2, 0.25) is 0 Å². The zero-order valence-corrected chi connectivity index (χ0v) is 18.4. The van der Waals surface area contributed by atoms with Gasteiger partial charge in [-0.15, -0.1) is 0 Å². The van der Waals surface area contributed by atoms with Gasteiger partial charge in [-0.25, -0.2) is 4.79 Å². The molecular formula is C24H19F6N3O3. The van der Waals surface area contributed by atoms with Crippen molar-refractivity contribution in [3.8, 4) is 11.5 Å². The Bertz CT molecular complexity index is 1230. The van der Waals surface area contributed by atoms with Crippen LogP contribution < -0.4 is 20.1 Å². The Hall–Kier alpha value is -3.96. The number of ether oxygens (including phenoxy) is 2. The average Bonchev–Trinajstić information content (AvgIpc) is 3.30. The standard InChI is InChI=1S/C24H19F6N3O3/c25-23(26,27)16-6-4-15(5-7-16)20(21-17(24(28,29)30)2-1-10-31-21)33-22(34)32-11-9-14-3-8-18-19(12-14)36-13-35-18/h1-8,10,12,20H,9,11,13H2,(H2,32,33,34)/t20-/m0/s1. The third-order valence-electron chi connectivity index (χ3n) is 5.40. The van der Waals surface area contributed by atoms with Crippen molar-refractivity contribution in [1.82, 2.24) is 15.6 Å². The molecule has 2 heterocycles. The maximum atomic E-state index is 13.6. The number of urea groups is 1. The molecule has 0 fully saturated rings. The van der Waals surface area contributed by atoms with Crippen LogP contribution in [0.4, 0.5) is 31.1 Å². The first kappa shape index (κ1) is 25.1. The van der Waals surface area contributed by atoms with E-state index in [1.54, 1.807) is 18.2 Å². The van der Waals surface area contributed by atoms with Gasteiger partial charge in [0.25, 0.3) is 0 Å². The van der Waals surface area contributed by atoms with E-state index in [1.807, 2.05) is 0 Å². The number of halogens is 6. The zero-order valence-electron chi connectivity index (χ0n) is 18.4. The molecule has 2 N–H and O–H groups in total. The fourth-order valence-corrected chi connectivity index (χ4v) is 3.66. The van der Waals surface area contributed by atoms with Crippen molar-refractivity contribution in [3.63, 3.8) is 0 Å².